The highest BCUT2D eigenvalue weighted by molar-refractivity contribution is 6.29. The molecule has 1 aromatic rings. The van der Waals surface area contributed by atoms with Crippen LogP contribution in [0.2, 0.25) is 5.15 Å². The number of carbonyl (C=O) groups is 1. The zero-order valence-corrected chi connectivity index (χ0v) is 12.4. The number of hydrogen-bond acceptors (Lipinski definition) is 2. The molecule has 0 saturated carbocycles. The van der Waals surface area contributed by atoms with Crippen LogP contribution in [0.3, 0.4) is 0 Å². The molecule has 0 spiro atoms. The Morgan fingerprint density at radius 1 is 1.42 bits per heavy atom. The Kier molecular flexibility index (Phi) is 4.25. The fourth-order valence-electron chi connectivity index (χ4n) is 2.20. The van der Waals surface area contributed by atoms with Gasteiger partial charge in [0.15, 0.2) is 0 Å². The SMILES string of the molecule is CC1=CCCN(C(=O)c2cc(Cl)nc(C(C)C)c2)C1. The number of halogens is 1. The van der Waals surface area contributed by atoms with Gasteiger partial charge in [0.1, 0.15) is 5.15 Å². The Balaban J connectivity index is 2.26. The van der Waals surface area contributed by atoms with Crippen LogP contribution in [-0.4, -0.2) is 28.9 Å². The van der Waals surface area contributed by atoms with Crippen LogP contribution < -0.4 is 0 Å². The Labute approximate surface area is 119 Å². The molecule has 1 aliphatic rings. The van der Waals surface area contributed by atoms with Crippen molar-refractivity contribution in [3.8, 4) is 0 Å². The molecule has 0 unspecified atom stereocenters. The van der Waals surface area contributed by atoms with Crippen LogP contribution in [-0.2, 0) is 0 Å². The van der Waals surface area contributed by atoms with E-state index in [2.05, 4.69) is 18.0 Å². The smallest absolute Gasteiger partial charge is 0.254 e. The summed E-state index contributed by atoms with van der Waals surface area (Å²) in [4.78, 5) is 18.6. The second-order valence-electron chi connectivity index (χ2n) is 5.32. The first-order valence-electron chi connectivity index (χ1n) is 6.59. The minimum Gasteiger partial charge on any atom is -0.334 e. The van der Waals surface area contributed by atoms with Gasteiger partial charge in [-0.3, -0.25) is 4.79 Å². The van der Waals surface area contributed by atoms with Crippen molar-refractivity contribution in [2.75, 3.05) is 13.1 Å². The van der Waals surface area contributed by atoms with Crippen molar-refractivity contribution >= 4 is 17.5 Å². The normalized spacial score (nSPS) is 15.6. The zero-order chi connectivity index (χ0) is 14.0. The number of hydrogen-bond donors (Lipinski definition) is 0. The molecule has 0 saturated heterocycles. The molecule has 102 valence electrons. The van der Waals surface area contributed by atoms with E-state index in [9.17, 15) is 4.79 Å². The van der Waals surface area contributed by atoms with Crippen LogP contribution in [0.1, 0.15) is 49.2 Å². The molecule has 1 amide bonds. The molecule has 0 atom stereocenters. The molecule has 1 aromatic heterocycles. The summed E-state index contributed by atoms with van der Waals surface area (Å²) in [5, 5.41) is 0.388. The maximum atomic E-state index is 12.5. The fraction of sp³-hybridized carbons (Fsp3) is 0.467. The molecule has 0 fully saturated rings. The minimum absolute atomic E-state index is 0.0404. The summed E-state index contributed by atoms with van der Waals surface area (Å²) >= 11 is 6.01. The van der Waals surface area contributed by atoms with Crippen LogP contribution in [0.15, 0.2) is 23.8 Å². The third-order valence-corrected chi connectivity index (χ3v) is 3.47. The van der Waals surface area contributed by atoms with Crippen LogP contribution in [0, 0.1) is 0 Å². The number of rotatable bonds is 2. The van der Waals surface area contributed by atoms with Gasteiger partial charge in [0.05, 0.1) is 0 Å². The molecular weight excluding hydrogens is 260 g/mol. The first-order chi connectivity index (χ1) is 8.97. The largest absolute Gasteiger partial charge is 0.334 e. The van der Waals surface area contributed by atoms with E-state index >= 15 is 0 Å². The molecule has 2 rings (SSSR count). The second-order valence-corrected chi connectivity index (χ2v) is 5.71. The van der Waals surface area contributed by atoms with Crippen molar-refractivity contribution in [2.24, 2.45) is 0 Å². The van der Waals surface area contributed by atoms with Crippen molar-refractivity contribution in [3.63, 3.8) is 0 Å². The molecule has 4 heteroatoms. The standard InChI is InChI=1S/C15H19ClN2O/c1-10(2)13-7-12(8-14(16)17-13)15(19)18-6-4-5-11(3)9-18/h5,7-8,10H,4,6,9H2,1-3H3. The fourth-order valence-corrected chi connectivity index (χ4v) is 2.42. The lowest BCUT2D eigenvalue weighted by molar-refractivity contribution is 0.0765. The van der Waals surface area contributed by atoms with Gasteiger partial charge in [-0.15, -0.1) is 0 Å². The van der Waals surface area contributed by atoms with Crippen LogP contribution in [0.5, 0.6) is 0 Å². The van der Waals surface area contributed by atoms with Crippen LogP contribution in [0.25, 0.3) is 0 Å². The maximum Gasteiger partial charge on any atom is 0.254 e. The summed E-state index contributed by atoms with van der Waals surface area (Å²) in [5.74, 6) is 0.298. The number of amides is 1. The molecule has 0 aromatic carbocycles. The predicted octanol–water partition coefficient (Wildman–Crippen LogP) is 3.65. The van der Waals surface area contributed by atoms with Gasteiger partial charge in [-0.1, -0.05) is 37.1 Å². The van der Waals surface area contributed by atoms with E-state index in [4.69, 9.17) is 11.6 Å². The van der Waals surface area contributed by atoms with Crippen molar-refractivity contribution in [2.45, 2.75) is 33.1 Å². The van der Waals surface area contributed by atoms with E-state index in [0.29, 0.717) is 17.3 Å². The number of pyridine rings is 1. The lowest BCUT2D eigenvalue weighted by Gasteiger charge is -2.26. The summed E-state index contributed by atoms with van der Waals surface area (Å²) in [6.07, 6.45) is 3.11. The molecule has 0 bridgehead atoms. The quantitative estimate of drug-likeness (QED) is 0.611. The van der Waals surface area contributed by atoms with Gasteiger partial charge in [0.25, 0.3) is 5.91 Å². The highest BCUT2D eigenvalue weighted by atomic mass is 35.5. The predicted molar refractivity (Wildman–Crippen MR) is 77.6 cm³/mol. The molecule has 0 radical (unpaired) electrons. The Bertz CT molecular complexity index is 523. The maximum absolute atomic E-state index is 12.5. The van der Waals surface area contributed by atoms with E-state index in [-0.39, 0.29) is 11.8 Å². The van der Waals surface area contributed by atoms with E-state index in [1.807, 2.05) is 24.8 Å². The van der Waals surface area contributed by atoms with Crippen LogP contribution in [0.4, 0.5) is 0 Å². The van der Waals surface area contributed by atoms with Gasteiger partial charge >= 0.3 is 0 Å². The first kappa shape index (κ1) is 14.1. The Morgan fingerprint density at radius 3 is 2.79 bits per heavy atom. The first-order valence-corrected chi connectivity index (χ1v) is 6.97. The molecule has 1 aliphatic heterocycles. The molecule has 0 aliphatic carbocycles. The lowest BCUT2D eigenvalue weighted by Crippen LogP contribution is -2.35. The topological polar surface area (TPSA) is 33.2 Å². The summed E-state index contributed by atoms with van der Waals surface area (Å²) in [5.41, 5.74) is 2.74. The van der Waals surface area contributed by atoms with Gasteiger partial charge in [-0.2, -0.15) is 0 Å². The van der Waals surface area contributed by atoms with Gasteiger partial charge in [-0.05, 0) is 31.4 Å². The van der Waals surface area contributed by atoms with Gasteiger partial charge in [-0.25, -0.2) is 4.98 Å². The third-order valence-electron chi connectivity index (χ3n) is 3.27. The summed E-state index contributed by atoms with van der Waals surface area (Å²) in [6, 6.07) is 3.51. The number of carbonyl (C=O) groups excluding carboxylic acids is 1. The van der Waals surface area contributed by atoms with Gasteiger partial charge in [0.2, 0.25) is 0 Å². The summed E-state index contributed by atoms with van der Waals surface area (Å²) in [6.45, 7) is 7.61. The van der Waals surface area contributed by atoms with Gasteiger partial charge in [0, 0.05) is 24.3 Å². The minimum atomic E-state index is 0.0404. The highest BCUT2D eigenvalue weighted by Gasteiger charge is 2.19. The average Bonchev–Trinajstić information content (AvgIpc) is 2.37. The van der Waals surface area contributed by atoms with E-state index < -0.39 is 0 Å². The average molecular weight is 279 g/mol. The van der Waals surface area contributed by atoms with Crippen molar-refractivity contribution in [3.05, 3.63) is 40.2 Å². The van der Waals surface area contributed by atoms with Crippen molar-refractivity contribution < 1.29 is 4.79 Å². The summed E-state index contributed by atoms with van der Waals surface area (Å²) < 4.78 is 0. The highest BCUT2D eigenvalue weighted by Crippen LogP contribution is 2.20. The molecule has 0 N–H and O–H groups in total. The molecule has 3 nitrogen and oxygen atoms in total. The summed E-state index contributed by atoms with van der Waals surface area (Å²) in [7, 11) is 0. The number of aromatic nitrogens is 1. The molecule has 19 heavy (non-hydrogen) atoms. The number of nitrogens with zero attached hydrogens (tertiary/aromatic N) is 2. The molecule has 2 heterocycles. The van der Waals surface area contributed by atoms with E-state index in [0.717, 1.165) is 18.7 Å². The Hall–Kier alpha value is -1.35. The van der Waals surface area contributed by atoms with Crippen molar-refractivity contribution in [1.29, 1.82) is 0 Å². The molecular formula is C15H19ClN2O. The Morgan fingerprint density at radius 2 is 2.16 bits per heavy atom. The van der Waals surface area contributed by atoms with E-state index in [1.165, 1.54) is 5.57 Å². The van der Waals surface area contributed by atoms with Crippen molar-refractivity contribution in [1.82, 2.24) is 9.88 Å². The second kappa shape index (κ2) is 5.74. The monoisotopic (exact) mass is 278 g/mol. The third kappa shape index (κ3) is 3.35. The lowest BCUT2D eigenvalue weighted by atomic mass is 10.1. The van der Waals surface area contributed by atoms with Gasteiger partial charge < -0.3 is 4.90 Å². The zero-order valence-electron chi connectivity index (χ0n) is 11.6. The van der Waals surface area contributed by atoms with Crippen LogP contribution >= 0.6 is 11.6 Å². The van der Waals surface area contributed by atoms with E-state index in [1.54, 1.807) is 6.07 Å².